The average molecular weight is 697 g/mol. The summed E-state index contributed by atoms with van der Waals surface area (Å²) in [5, 5.41) is 13.8. The number of nitrogens with zero attached hydrogens (tertiary/aromatic N) is 6. The lowest BCUT2D eigenvalue weighted by molar-refractivity contribution is 0.122. The van der Waals surface area contributed by atoms with Crippen LogP contribution >= 0.6 is 0 Å². The first kappa shape index (κ1) is 32.3. The normalized spacial score (nSPS) is 16.4. The fourth-order valence-electron chi connectivity index (χ4n) is 6.34. The van der Waals surface area contributed by atoms with E-state index >= 15 is 0 Å². The molecule has 2 aliphatic rings. The van der Waals surface area contributed by atoms with Gasteiger partial charge in [0.15, 0.2) is 11.6 Å². The summed E-state index contributed by atoms with van der Waals surface area (Å²) in [6, 6.07) is 17.4. The number of hydrogen-bond donors (Lipinski definition) is 3. The summed E-state index contributed by atoms with van der Waals surface area (Å²) in [6.45, 7) is 4.72. The van der Waals surface area contributed by atoms with Crippen LogP contribution < -0.4 is 9.80 Å². The number of nitrogens with one attached hydrogen (secondary N) is 2. The van der Waals surface area contributed by atoms with Gasteiger partial charge in [0.1, 0.15) is 24.3 Å². The van der Waals surface area contributed by atoms with Crippen molar-refractivity contribution in [2.24, 2.45) is 0 Å². The van der Waals surface area contributed by atoms with Crippen LogP contribution in [0.2, 0.25) is 0 Å². The third-order valence-electron chi connectivity index (χ3n) is 8.95. The predicted molar refractivity (Wildman–Crippen MR) is 188 cm³/mol. The Morgan fingerprint density at radius 1 is 0.800 bits per heavy atom. The van der Waals surface area contributed by atoms with E-state index in [1.165, 1.54) is 0 Å². The van der Waals surface area contributed by atoms with Gasteiger partial charge in [-0.1, -0.05) is 0 Å². The Hall–Kier alpha value is -4.93. The molecule has 0 bridgehead atoms. The quantitative estimate of drug-likeness (QED) is 0.187. The highest BCUT2D eigenvalue weighted by molar-refractivity contribution is 7.85. The molecule has 8 rings (SSSR count). The van der Waals surface area contributed by atoms with Crippen molar-refractivity contribution in [3.8, 4) is 22.8 Å². The van der Waals surface area contributed by atoms with Crippen LogP contribution in [0.3, 0.4) is 0 Å². The van der Waals surface area contributed by atoms with Crippen LogP contribution in [-0.4, -0.2) is 102 Å². The van der Waals surface area contributed by atoms with E-state index in [9.17, 15) is 13.5 Å². The van der Waals surface area contributed by atoms with Crippen molar-refractivity contribution in [2.45, 2.75) is 12.7 Å². The molecule has 2 aromatic carbocycles. The predicted octanol–water partition coefficient (Wildman–Crippen LogP) is 3.79. The standard InChI is InChI=1S/C35H36N8O6S/c1-50(45,46)49-21-25-18-31(42-8-12-47-13-9-42)40-34(38-25)24-3-5-29-26(17-24)27(20-37-29)33(44)30-19-32(43-10-14-48-15-11-43)41-35(39-30)23-2-4-28-22(16-23)6-7-36-28/h2-7,16-20,33,36-37,44H,8-15,21H2,1H3. The Labute approximate surface area is 288 Å². The molecule has 15 heteroatoms. The maximum atomic E-state index is 12.0. The highest BCUT2D eigenvalue weighted by Gasteiger charge is 2.23. The minimum atomic E-state index is -3.69. The molecule has 6 heterocycles. The van der Waals surface area contributed by atoms with Crippen molar-refractivity contribution in [1.82, 2.24) is 29.9 Å². The summed E-state index contributed by atoms with van der Waals surface area (Å²) in [6.07, 6.45) is 3.61. The molecule has 2 fully saturated rings. The third-order valence-corrected chi connectivity index (χ3v) is 9.49. The lowest BCUT2D eigenvalue weighted by Crippen LogP contribution is -2.37. The van der Waals surface area contributed by atoms with Gasteiger partial charge in [0.2, 0.25) is 0 Å². The van der Waals surface area contributed by atoms with E-state index < -0.39 is 16.2 Å². The fraction of sp³-hybridized carbons (Fsp3) is 0.314. The Bertz CT molecular complexity index is 2280. The minimum Gasteiger partial charge on any atom is -0.382 e. The van der Waals surface area contributed by atoms with Gasteiger partial charge in [-0.2, -0.15) is 8.42 Å². The number of rotatable bonds is 9. The molecule has 0 spiro atoms. The topological polar surface area (TPSA) is 172 Å². The SMILES string of the molecule is CS(=O)(=O)OCc1cc(N2CCOCC2)nc(-c2ccc3[nH]cc(C(O)c4cc(N5CCOCC5)nc(-c5ccc6[nH]ccc6c5)n4)c3c2)n1. The Morgan fingerprint density at radius 3 is 2.14 bits per heavy atom. The number of aliphatic hydroxyl groups is 1. The number of aromatic amines is 2. The molecular weight excluding hydrogens is 661 g/mol. The molecule has 2 saturated heterocycles. The molecule has 1 atom stereocenters. The van der Waals surface area contributed by atoms with Crippen LogP contribution in [0.5, 0.6) is 0 Å². The summed E-state index contributed by atoms with van der Waals surface area (Å²) >= 11 is 0. The number of benzene rings is 2. The molecule has 50 heavy (non-hydrogen) atoms. The van der Waals surface area contributed by atoms with Crippen molar-refractivity contribution < 1.29 is 27.2 Å². The van der Waals surface area contributed by atoms with Gasteiger partial charge in [-0.3, -0.25) is 4.18 Å². The van der Waals surface area contributed by atoms with Crippen molar-refractivity contribution in [3.05, 3.63) is 83.9 Å². The Kier molecular flexibility index (Phi) is 8.66. The zero-order valence-electron chi connectivity index (χ0n) is 27.4. The zero-order chi connectivity index (χ0) is 34.2. The van der Waals surface area contributed by atoms with E-state index in [4.69, 9.17) is 28.6 Å². The highest BCUT2D eigenvalue weighted by atomic mass is 32.2. The molecule has 2 aliphatic heterocycles. The fourth-order valence-corrected chi connectivity index (χ4v) is 6.68. The van der Waals surface area contributed by atoms with E-state index in [2.05, 4.69) is 24.8 Å². The molecule has 6 aromatic rings. The van der Waals surface area contributed by atoms with Gasteiger partial charge >= 0.3 is 0 Å². The maximum Gasteiger partial charge on any atom is 0.264 e. The smallest absolute Gasteiger partial charge is 0.264 e. The van der Waals surface area contributed by atoms with Gasteiger partial charge in [-0.25, -0.2) is 19.9 Å². The zero-order valence-corrected chi connectivity index (χ0v) is 28.2. The van der Waals surface area contributed by atoms with E-state index in [-0.39, 0.29) is 6.61 Å². The average Bonchev–Trinajstić information content (AvgIpc) is 3.80. The lowest BCUT2D eigenvalue weighted by atomic mass is 10.0. The summed E-state index contributed by atoms with van der Waals surface area (Å²) in [5.74, 6) is 2.30. The third kappa shape index (κ3) is 6.78. The first-order valence-corrected chi connectivity index (χ1v) is 18.2. The molecule has 0 saturated carbocycles. The van der Waals surface area contributed by atoms with Crippen molar-refractivity contribution in [2.75, 3.05) is 68.7 Å². The van der Waals surface area contributed by atoms with E-state index in [1.807, 2.05) is 54.7 Å². The van der Waals surface area contributed by atoms with Gasteiger partial charge in [-0.05, 0) is 42.5 Å². The van der Waals surface area contributed by atoms with Crippen molar-refractivity contribution in [3.63, 3.8) is 0 Å². The number of anilines is 2. The molecule has 0 radical (unpaired) electrons. The lowest BCUT2D eigenvalue weighted by Gasteiger charge is -2.28. The van der Waals surface area contributed by atoms with Gasteiger partial charge in [0.05, 0.1) is 44.1 Å². The van der Waals surface area contributed by atoms with Crippen LogP contribution in [0.4, 0.5) is 11.6 Å². The second-order valence-corrected chi connectivity index (χ2v) is 14.0. The first-order valence-electron chi connectivity index (χ1n) is 16.4. The maximum absolute atomic E-state index is 12.0. The van der Waals surface area contributed by atoms with E-state index in [0.717, 1.165) is 39.4 Å². The summed E-state index contributed by atoms with van der Waals surface area (Å²) in [5.41, 5.74) is 4.88. The number of ether oxygens (including phenoxy) is 2. The molecule has 4 aromatic heterocycles. The minimum absolute atomic E-state index is 0.222. The number of H-pyrrole nitrogens is 2. The van der Waals surface area contributed by atoms with Crippen LogP contribution in [0.1, 0.15) is 23.1 Å². The molecule has 1 unspecified atom stereocenters. The number of morpholine rings is 2. The van der Waals surface area contributed by atoms with Gasteiger partial charge in [0, 0.05) is 89.2 Å². The largest absolute Gasteiger partial charge is 0.382 e. The monoisotopic (exact) mass is 696 g/mol. The Morgan fingerprint density at radius 2 is 1.44 bits per heavy atom. The molecule has 258 valence electrons. The van der Waals surface area contributed by atoms with Crippen LogP contribution in [-0.2, 0) is 30.4 Å². The number of hydrogen-bond acceptors (Lipinski definition) is 12. The summed E-state index contributed by atoms with van der Waals surface area (Å²) < 4.78 is 39.8. The van der Waals surface area contributed by atoms with E-state index in [1.54, 1.807) is 12.3 Å². The van der Waals surface area contributed by atoms with Crippen LogP contribution in [0, 0.1) is 0 Å². The van der Waals surface area contributed by atoms with Crippen molar-refractivity contribution >= 4 is 43.6 Å². The van der Waals surface area contributed by atoms with Gasteiger partial charge in [0.25, 0.3) is 10.1 Å². The van der Waals surface area contributed by atoms with Crippen molar-refractivity contribution in [1.29, 1.82) is 0 Å². The molecular formula is C35H36N8O6S. The second-order valence-electron chi connectivity index (χ2n) is 12.4. The second kappa shape index (κ2) is 13.4. The Balaban J connectivity index is 1.18. The van der Waals surface area contributed by atoms with E-state index in [0.29, 0.717) is 92.6 Å². The number of aromatic nitrogens is 6. The number of fused-ring (bicyclic) bond motifs is 2. The molecule has 14 nitrogen and oxygen atoms in total. The molecule has 3 N–H and O–H groups in total. The summed E-state index contributed by atoms with van der Waals surface area (Å²) in [7, 11) is -3.69. The van der Waals surface area contributed by atoms with Gasteiger partial charge < -0.3 is 34.3 Å². The molecule has 0 amide bonds. The highest BCUT2D eigenvalue weighted by Crippen LogP contribution is 2.34. The van der Waals surface area contributed by atoms with Crippen LogP contribution in [0.25, 0.3) is 44.6 Å². The van der Waals surface area contributed by atoms with Crippen LogP contribution in [0.15, 0.2) is 67.0 Å². The molecule has 0 aliphatic carbocycles. The first-order chi connectivity index (χ1) is 24.3. The number of aliphatic hydroxyl groups excluding tert-OH is 1. The van der Waals surface area contributed by atoms with Gasteiger partial charge in [-0.15, -0.1) is 0 Å². The summed E-state index contributed by atoms with van der Waals surface area (Å²) in [4.78, 5) is 30.1.